The van der Waals surface area contributed by atoms with Crippen LogP contribution in [0.1, 0.15) is 82.6 Å². The molecule has 3 aliphatic carbocycles. The first-order valence-corrected chi connectivity index (χ1v) is 20.2. The zero-order valence-corrected chi connectivity index (χ0v) is 30.2. The van der Waals surface area contributed by atoms with Gasteiger partial charge in [0.1, 0.15) is 23.7 Å². The van der Waals surface area contributed by atoms with E-state index in [9.17, 15) is 27.6 Å². The molecule has 12 nitrogen and oxygen atoms in total. The number of carbonyl (C=O) groups is 4. The monoisotopic (exact) mass is 732 g/mol. The Labute approximate surface area is 305 Å². The second-order valence-electron chi connectivity index (χ2n) is 14.9. The fourth-order valence-electron chi connectivity index (χ4n) is 7.38. The molecule has 0 bridgehead atoms. The van der Waals surface area contributed by atoms with Gasteiger partial charge in [-0.15, -0.1) is 0 Å². The van der Waals surface area contributed by atoms with Crippen LogP contribution in [-0.2, 0) is 40.5 Å². The van der Waals surface area contributed by atoms with Crippen molar-refractivity contribution < 1.29 is 37.1 Å². The zero-order valence-electron chi connectivity index (χ0n) is 29.3. The number of benzene rings is 2. The Morgan fingerprint density at radius 2 is 1.69 bits per heavy atom. The molecule has 13 heteroatoms. The van der Waals surface area contributed by atoms with Crippen LogP contribution >= 0.6 is 0 Å². The first-order valence-electron chi connectivity index (χ1n) is 18.7. The standard InChI is InChI=1S/C39H48N4O8S/c44-35-34-22-31(50-25-26-11-9-14-28(21-26)27-12-5-4-6-13-27)24-43(34)36(45)33(40-38(47)51-30-16-10-17-30)18-8-3-1-2-7-15-29-23-39(29,41-35)37(46)42-52(48,49)32-19-20-32/h4-7,9,11-15,21,29-34H,1-3,8,10,16-20,22-25H2,(H,40,47)(H,41,44)(H,42,46)/b15-7-/t29-,31-,33+,34+,39-/m1/s1. The highest BCUT2D eigenvalue weighted by atomic mass is 32.2. The smallest absolute Gasteiger partial charge is 0.408 e. The maximum absolute atomic E-state index is 14.4. The van der Waals surface area contributed by atoms with E-state index in [-0.39, 0.29) is 38.0 Å². The molecule has 4 fully saturated rings. The van der Waals surface area contributed by atoms with Crippen LogP contribution in [-0.4, -0.2) is 78.8 Å². The molecular weight excluding hydrogens is 685 g/mol. The SMILES string of the molecule is O=C(N[C@H]1CCCCC/C=C\[C@@H]2C[C@@]2(C(=O)NS(=O)(=O)C2CC2)NC(=O)[C@@H]2C[C@@H](OCc3cccc(-c4ccccc4)c3)CN2C1=O)OC1CCC1. The van der Waals surface area contributed by atoms with E-state index >= 15 is 0 Å². The van der Waals surface area contributed by atoms with Crippen molar-refractivity contribution in [1.29, 1.82) is 0 Å². The number of fused-ring (bicyclic) bond motifs is 2. The molecule has 0 spiro atoms. The van der Waals surface area contributed by atoms with E-state index in [2.05, 4.69) is 15.4 Å². The Morgan fingerprint density at radius 1 is 0.904 bits per heavy atom. The second-order valence-corrected chi connectivity index (χ2v) is 16.9. The van der Waals surface area contributed by atoms with Crippen molar-refractivity contribution in [2.24, 2.45) is 5.92 Å². The molecule has 278 valence electrons. The fraction of sp³-hybridized carbons (Fsp3) is 0.538. The van der Waals surface area contributed by atoms with Crippen molar-refractivity contribution in [2.75, 3.05) is 6.54 Å². The van der Waals surface area contributed by atoms with Gasteiger partial charge in [0, 0.05) is 18.9 Å². The number of sulfonamides is 1. The molecule has 5 atom stereocenters. The minimum atomic E-state index is -3.86. The number of amides is 4. The average Bonchev–Trinajstić information content (AvgIpc) is 4.05. The summed E-state index contributed by atoms with van der Waals surface area (Å²) < 4.78 is 39.7. The number of hydrogen-bond acceptors (Lipinski definition) is 8. The van der Waals surface area contributed by atoms with Crippen LogP contribution in [0.15, 0.2) is 66.7 Å². The Balaban J connectivity index is 1.12. The molecule has 2 aromatic carbocycles. The Hall–Kier alpha value is -4.23. The molecule has 2 heterocycles. The van der Waals surface area contributed by atoms with Gasteiger partial charge in [-0.3, -0.25) is 19.1 Å². The molecule has 7 rings (SSSR count). The summed E-state index contributed by atoms with van der Waals surface area (Å²) in [4.78, 5) is 56.6. The predicted molar refractivity (Wildman–Crippen MR) is 193 cm³/mol. The van der Waals surface area contributed by atoms with Gasteiger partial charge in [0.25, 0.3) is 5.91 Å². The molecule has 5 aliphatic rings. The summed E-state index contributed by atoms with van der Waals surface area (Å²) in [5.74, 6) is -2.13. The van der Waals surface area contributed by atoms with Crippen LogP contribution in [0.4, 0.5) is 4.79 Å². The Bertz CT molecular complexity index is 1790. The van der Waals surface area contributed by atoms with Crippen molar-refractivity contribution in [3.8, 4) is 11.1 Å². The van der Waals surface area contributed by atoms with Crippen LogP contribution in [0.25, 0.3) is 11.1 Å². The number of alkyl carbamates (subject to hydrolysis) is 1. The lowest BCUT2D eigenvalue weighted by Gasteiger charge is -2.31. The first-order chi connectivity index (χ1) is 25.1. The lowest BCUT2D eigenvalue weighted by atomic mass is 9.96. The molecule has 0 aromatic heterocycles. The predicted octanol–water partition coefficient (Wildman–Crippen LogP) is 4.49. The fourth-order valence-corrected chi connectivity index (χ4v) is 8.75. The number of hydrogen-bond donors (Lipinski definition) is 3. The second kappa shape index (κ2) is 15.4. The van der Waals surface area contributed by atoms with Crippen molar-refractivity contribution in [3.05, 3.63) is 72.3 Å². The highest BCUT2D eigenvalue weighted by Crippen LogP contribution is 2.46. The summed E-state index contributed by atoms with van der Waals surface area (Å²) in [5.41, 5.74) is 1.59. The molecule has 3 saturated carbocycles. The highest BCUT2D eigenvalue weighted by Gasteiger charge is 2.62. The maximum Gasteiger partial charge on any atom is 0.408 e. The van der Waals surface area contributed by atoms with Gasteiger partial charge < -0.3 is 25.0 Å². The van der Waals surface area contributed by atoms with E-state index in [1.165, 1.54) is 4.90 Å². The quantitative estimate of drug-likeness (QED) is 0.318. The van der Waals surface area contributed by atoms with Gasteiger partial charge in [0.05, 0.1) is 18.0 Å². The molecule has 1 saturated heterocycles. The summed E-state index contributed by atoms with van der Waals surface area (Å²) in [6, 6.07) is 16.1. The van der Waals surface area contributed by atoms with E-state index in [1.54, 1.807) is 0 Å². The summed E-state index contributed by atoms with van der Waals surface area (Å²) in [7, 11) is -3.86. The van der Waals surface area contributed by atoms with Gasteiger partial charge in [-0.2, -0.15) is 0 Å². The molecule has 3 N–H and O–H groups in total. The van der Waals surface area contributed by atoms with Crippen LogP contribution in [0, 0.1) is 5.92 Å². The zero-order chi connectivity index (χ0) is 36.3. The lowest BCUT2D eigenvalue weighted by Crippen LogP contribution is -2.58. The molecule has 4 amide bonds. The average molecular weight is 733 g/mol. The third-order valence-electron chi connectivity index (χ3n) is 11.0. The van der Waals surface area contributed by atoms with Crippen molar-refractivity contribution in [2.45, 2.75) is 119 Å². The molecular formula is C39H48N4O8S. The molecule has 0 unspecified atom stereocenters. The number of nitrogens with one attached hydrogen (secondary N) is 3. The normalized spacial score (nSPS) is 28.9. The molecule has 0 radical (unpaired) electrons. The highest BCUT2D eigenvalue weighted by molar-refractivity contribution is 7.91. The van der Waals surface area contributed by atoms with Crippen molar-refractivity contribution in [3.63, 3.8) is 0 Å². The van der Waals surface area contributed by atoms with Crippen LogP contribution in [0.2, 0.25) is 0 Å². The topological polar surface area (TPSA) is 160 Å². The summed E-state index contributed by atoms with van der Waals surface area (Å²) in [6.45, 7) is 0.346. The number of ether oxygens (including phenoxy) is 2. The van der Waals surface area contributed by atoms with E-state index in [4.69, 9.17) is 9.47 Å². The molecule has 2 aromatic rings. The maximum atomic E-state index is 14.4. The summed E-state index contributed by atoms with van der Waals surface area (Å²) >= 11 is 0. The number of rotatable bonds is 9. The van der Waals surface area contributed by atoms with Gasteiger partial charge in [0.2, 0.25) is 21.8 Å². The number of allylic oxidation sites excluding steroid dienone is 1. The van der Waals surface area contributed by atoms with Crippen molar-refractivity contribution >= 4 is 33.8 Å². The van der Waals surface area contributed by atoms with E-state index in [1.807, 2.05) is 66.7 Å². The lowest BCUT2D eigenvalue weighted by molar-refractivity contribution is -0.141. The third kappa shape index (κ3) is 8.36. The van der Waals surface area contributed by atoms with E-state index in [0.717, 1.165) is 55.2 Å². The van der Waals surface area contributed by atoms with Gasteiger partial charge in [-0.05, 0) is 80.5 Å². The van der Waals surface area contributed by atoms with Gasteiger partial charge in [-0.25, -0.2) is 13.2 Å². The van der Waals surface area contributed by atoms with Crippen LogP contribution in [0.5, 0.6) is 0 Å². The molecule has 52 heavy (non-hydrogen) atoms. The van der Waals surface area contributed by atoms with Gasteiger partial charge in [-0.1, -0.05) is 73.5 Å². The largest absolute Gasteiger partial charge is 0.446 e. The minimum Gasteiger partial charge on any atom is -0.446 e. The Morgan fingerprint density at radius 3 is 2.44 bits per heavy atom. The van der Waals surface area contributed by atoms with Crippen LogP contribution in [0.3, 0.4) is 0 Å². The van der Waals surface area contributed by atoms with E-state index in [0.29, 0.717) is 25.7 Å². The number of carbonyl (C=O) groups excluding carboxylic acids is 4. The van der Waals surface area contributed by atoms with Crippen LogP contribution < -0.4 is 15.4 Å². The Kier molecular flexibility index (Phi) is 10.7. The molecule has 2 aliphatic heterocycles. The third-order valence-corrected chi connectivity index (χ3v) is 12.8. The minimum absolute atomic E-state index is 0.101. The summed E-state index contributed by atoms with van der Waals surface area (Å²) in [5, 5.41) is 5.09. The first kappa shape index (κ1) is 36.1. The van der Waals surface area contributed by atoms with E-state index < -0.39 is 62.8 Å². The summed E-state index contributed by atoms with van der Waals surface area (Å²) in [6.07, 6.45) is 9.89. The number of nitrogens with zero attached hydrogens (tertiary/aromatic N) is 1. The van der Waals surface area contributed by atoms with Gasteiger partial charge >= 0.3 is 6.09 Å². The van der Waals surface area contributed by atoms with Gasteiger partial charge in [0.15, 0.2) is 0 Å². The van der Waals surface area contributed by atoms with Crippen molar-refractivity contribution in [1.82, 2.24) is 20.3 Å².